The van der Waals surface area contributed by atoms with E-state index in [1.807, 2.05) is 0 Å². The van der Waals surface area contributed by atoms with Crippen LogP contribution >= 0.6 is 0 Å². The van der Waals surface area contributed by atoms with Gasteiger partial charge in [-0.25, -0.2) is 0 Å². The number of benzene rings is 1. The average molecular weight is 466 g/mol. The summed E-state index contributed by atoms with van der Waals surface area (Å²) in [5.74, 6) is 0.197. The van der Waals surface area contributed by atoms with Crippen LogP contribution in [0.1, 0.15) is 18.4 Å². The first-order valence-electron chi connectivity index (χ1n) is 10.9. The van der Waals surface area contributed by atoms with Crippen molar-refractivity contribution >= 4 is 11.4 Å². The van der Waals surface area contributed by atoms with Gasteiger partial charge in [0.25, 0.3) is 0 Å². The number of hydrogen-bond acceptors (Lipinski definition) is 10. The Morgan fingerprint density at radius 2 is 1.73 bits per heavy atom. The zero-order valence-electron chi connectivity index (χ0n) is 18.4. The number of ketones is 1. The summed E-state index contributed by atoms with van der Waals surface area (Å²) in [5.41, 5.74) is 1.20. The number of Topliss-reactive ketones (excluding diaryl/α,β-unsaturated/α-hetero) is 1. The molecule has 3 aliphatic rings. The van der Waals surface area contributed by atoms with Gasteiger partial charge in [-0.05, 0) is 24.1 Å². The minimum Gasteiger partial charge on any atom is -0.497 e. The summed E-state index contributed by atoms with van der Waals surface area (Å²) in [6, 6.07) is 7.15. The number of allylic oxidation sites excluding steroid dienone is 1. The third kappa shape index (κ3) is 4.65. The fourth-order valence-corrected chi connectivity index (χ4v) is 4.66. The quantitative estimate of drug-likeness (QED) is 0.438. The molecule has 0 radical (unpaired) electrons. The molecule has 10 nitrogen and oxygen atoms in total. The number of aliphatic hydroxyl groups excluding tert-OH is 4. The van der Waals surface area contributed by atoms with Crippen LogP contribution < -0.4 is 4.74 Å². The van der Waals surface area contributed by atoms with Crippen LogP contribution in [0.25, 0.3) is 5.57 Å². The predicted molar refractivity (Wildman–Crippen MR) is 113 cm³/mol. The van der Waals surface area contributed by atoms with Gasteiger partial charge in [-0.15, -0.1) is 0 Å². The highest BCUT2D eigenvalue weighted by atomic mass is 16.7. The van der Waals surface area contributed by atoms with Crippen molar-refractivity contribution in [3.63, 3.8) is 0 Å². The summed E-state index contributed by atoms with van der Waals surface area (Å²) < 4.78 is 28.0. The number of carbonyl (C=O) groups excluding carboxylic acids is 1. The van der Waals surface area contributed by atoms with Crippen molar-refractivity contribution in [2.75, 3.05) is 20.8 Å². The van der Waals surface area contributed by atoms with Gasteiger partial charge in [-0.2, -0.15) is 0 Å². The molecule has 9 atom stereocenters. The fourth-order valence-electron chi connectivity index (χ4n) is 4.66. The van der Waals surface area contributed by atoms with Crippen molar-refractivity contribution in [2.24, 2.45) is 5.92 Å². The lowest BCUT2D eigenvalue weighted by Gasteiger charge is -2.45. The van der Waals surface area contributed by atoms with E-state index in [0.717, 1.165) is 5.56 Å². The van der Waals surface area contributed by atoms with E-state index < -0.39 is 61.5 Å². The van der Waals surface area contributed by atoms with Crippen LogP contribution in [0.4, 0.5) is 0 Å². The molecule has 2 heterocycles. The average Bonchev–Trinajstić information content (AvgIpc) is 2.84. The minimum absolute atomic E-state index is 0.0512. The molecular weight excluding hydrogens is 436 g/mol. The second-order valence-electron chi connectivity index (χ2n) is 8.52. The van der Waals surface area contributed by atoms with Gasteiger partial charge in [0.1, 0.15) is 36.3 Å². The maximum absolute atomic E-state index is 13.3. The molecule has 4 rings (SSSR count). The first-order chi connectivity index (χ1) is 15.9. The van der Waals surface area contributed by atoms with E-state index in [4.69, 9.17) is 23.7 Å². The van der Waals surface area contributed by atoms with Crippen LogP contribution in [-0.2, 0) is 23.7 Å². The maximum atomic E-state index is 13.3. The monoisotopic (exact) mass is 466 g/mol. The van der Waals surface area contributed by atoms with Crippen LogP contribution in [0.5, 0.6) is 5.75 Å². The summed E-state index contributed by atoms with van der Waals surface area (Å²) in [6.45, 7) is -0.551. The number of fused-ring (bicyclic) bond motifs is 1. The van der Waals surface area contributed by atoms with Crippen LogP contribution in [0, 0.1) is 5.92 Å². The highest BCUT2D eigenvalue weighted by Gasteiger charge is 2.49. The molecule has 4 N–H and O–H groups in total. The molecular formula is C23H30O10. The molecule has 1 aliphatic carbocycles. The Hall–Kier alpha value is -2.05. The summed E-state index contributed by atoms with van der Waals surface area (Å²) in [4.78, 5) is 13.3. The first-order valence-corrected chi connectivity index (χ1v) is 10.9. The van der Waals surface area contributed by atoms with Crippen molar-refractivity contribution in [1.82, 2.24) is 0 Å². The minimum atomic E-state index is -1.54. The molecule has 1 aromatic rings. The maximum Gasteiger partial charge on any atom is 0.187 e. The van der Waals surface area contributed by atoms with Crippen LogP contribution in [0.3, 0.4) is 0 Å². The second kappa shape index (κ2) is 10.1. The molecule has 2 fully saturated rings. The van der Waals surface area contributed by atoms with E-state index in [-0.39, 0.29) is 12.2 Å². The van der Waals surface area contributed by atoms with Crippen molar-refractivity contribution in [2.45, 2.75) is 61.9 Å². The van der Waals surface area contributed by atoms with Crippen molar-refractivity contribution in [1.29, 1.82) is 0 Å². The normalized spacial score (nSPS) is 38.8. The lowest BCUT2D eigenvalue weighted by Crippen LogP contribution is -2.61. The molecule has 2 aliphatic heterocycles. The molecule has 0 bridgehead atoms. The molecule has 33 heavy (non-hydrogen) atoms. The van der Waals surface area contributed by atoms with Gasteiger partial charge in [0.2, 0.25) is 0 Å². The van der Waals surface area contributed by atoms with Crippen LogP contribution in [0.2, 0.25) is 0 Å². The topological polar surface area (TPSA) is 144 Å². The number of carbonyl (C=O) groups is 1. The van der Waals surface area contributed by atoms with Crippen molar-refractivity contribution in [3.05, 3.63) is 36.1 Å². The van der Waals surface area contributed by atoms with Gasteiger partial charge in [-0.3, -0.25) is 4.79 Å². The molecule has 0 spiro atoms. The summed E-state index contributed by atoms with van der Waals surface area (Å²) in [7, 11) is 3.08. The van der Waals surface area contributed by atoms with Crippen LogP contribution in [0.15, 0.2) is 30.5 Å². The molecule has 1 saturated carbocycles. The van der Waals surface area contributed by atoms with E-state index in [1.165, 1.54) is 13.4 Å². The third-order valence-electron chi connectivity index (χ3n) is 6.64. The van der Waals surface area contributed by atoms with Gasteiger partial charge >= 0.3 is 0 Å². The Balaban J connectivity index is 1.48. The molecule has 1 saturated heterocycles. The molecule has 5 unspecified atom stereocenters. The third-order valence-corrected chi connectivity index (χ3v) is 6.64. The first kappa shape index (κ1) is 24.1. The Kier molecular flexibility index (Phi) is 7.34. The standard InChI is InChI=1S/C23H30O10/c1-29-12-5-3-11(4-6-12)14-10-31-15-8-17(16(30-2)7-13(15)19(14)25)32-23-22(28)21(27)20(26)18(9-24)33-23/h3-6,10,13,15-18,20-24,26-28H,7-9H2,1-2H3/t13?,15?,16?,17?,18-,20-,21+,22-,23?/m1/s1. The zero-order chi connectivity index (χ0) is 23.7. The zero-order valence-corrected chi connectivity index (χ0v) is 18.4. The Morgan fingerprint density at radius 1 is 1.00 bits per heavy atom. The molecule has 182 valence electrons. The van der Waals surface area contributed by atoms with E-state index in [2.05, 4.69) is 0 Å². The van der Waals surface area contributed by atoms with Gasteiger partial charge in [-0.1, -0.05) is 12.1 Å². The van der Waals surface area contributed by atoms with Gasteiger partial charge in [0, 0.05) is 13.5 Å². The number of aliphatic hydroxyl groups is 4. The summed E-state index contributed by atoms with van der Waals surface area (Å²) >= 11 is 0. The van der Waals surface area contributed by atoms with E-state index in [0.29, 0.717) is 17.7 Å². The van der Waals surface area contributed by atoms with E-state index in [9.17, 15) is 25.2 Å². The Bertz CT molecular complexity index is 853. The lowest BCUT2D eigenvalue weighted by atomic mass is 9.76. The van der Waals surface area contributed by atoms with Crippen molar-refractivity contribution in [3.8, 4) is 5.75 Å². The smallest absolute Gasteiger partial charge is 0.187 e. The molecule has 0 aromatic heterocycles. The van der Waals surface area contributed by atoms with Gasteiger partial charge in [0.05, 0.1) is 43.7 Å². The van der Waals surface area contributed by atoms with E-state index >= 15 is 0 Å². The molecule has 0 amide bonds. The largest absolute Gasteiger partial charge is 0.497 e. The highest BCUT2D eigenvalue weighted by molar-refractivity contribution is 6.22. The number of rotatable bonds is 6. The number of ether oxygens (including phenoxy) is 5. The Labute approximate surface area is 191 Å². The van der Waals surface area contributed by atoms with Gasteiger partial charge < -0.3 is 44.1 Å². The summed E-state index contributed by atoms with van der Waals surface area (Å²) in [5, 5.41) is 39.7. The molecule has 1 aromatic carbocycles. The van der Waals surface area contributed by atoms with E-state index in [1.54, 1.807) is 31.4 Å². The lowest BCUT2D eigenvalue weighted by molar-refractivity contribution is -0.322. The Morgan fingerprint density at radius 3 is 2.36 bits per heavy atom. The predicted octanol–water partition coefficient (Wildman–Crippen LogP) is -0.386. The highest BCUT2D eigenvalue weighted by Crippen LogP contribution is 2.39. The SMILES string of the molecule is COc1ccc(C2=COC3CC(OC4O[C@H](CO)[C@@H](O)[C@H](O)[C@H]4O)C(OC)CC3C2=O)cc1. The van der Waals surface area contributed by atoms with Crippen LogP contribution in [-0.4, -0.2) is 96.1 Å². The van der Waals surface area contributed by atoms with Crippen molar-refractivity contribution < 1.29 is 48.9 Å². The van der Waals surface area contributed by atoms with Gasteiger partial charge in [0.15, 0.2) is 12.1 Å². The molecule has 10 heteroatoms. The number of methoxy groups -OCH3 is 2. The second-order valence-corrected chi connectivity index (χ2v) is 8.52. The fraction of sp³-hybridized carbons (Fsp3) is 0.609. The number of hydrogen-bond donors (Lipinski definition) is 4. The summed E-state index contributed by atoms with van der Waals surface area (Å²) in [6.07, 6.45) is -6.38.